The van der Waals surface area contributed by atoms with Crippen LogP contribution in [0.15, 0.2) is 40.9 Å². The van der Waals surface area contributed by atoms with Crippen molar-refractivity contribution in [2.75, 3.05) is 0 Å². The predicted octanol–water partition coefficient (Wildman–Crippen LogP) is 4.79. The number of rotatable bonds is 3. The van der Waals surface area contributed by atoms with Crippen LogP contribution in [0.5, 0.6) is 0 Å². The van der Waals surface area contributed by atoms with Gasteiger partial charge >= 0.3 is 0 Å². The lowest BCUT2D eigenvalue weighted by Gasteiger charge is -2.08. The van der Waals surface area contributed by atoms with Gasteiger partial charge in [0.1, 0.15) is 5.82 Å². The van der Waals surface area contributed by atoms with E-state index in [0.29, 0.717) is 5.28 Å². The standard InChI is InChI=1S/C15H13BrClN3/c1-2-3-14-18-19-15(17)20(14)13-7-5-10-8-12(16)6-4-11(10)9-13/h4-9H,2-3H2,1H3. The molecule has 2 aromatic carbocycles. The van der Waals surface area contributed by atoms with E-state index in [1.54, 1.807) is 0 Å². The highest BCUT2D eigenvalue weighted by molar-refractivity contribution is 9.10. The van der Waals surface area contributed by atoms with Crippen LogP contribution >= 0.6 is 27.5 Å². The van der Waals surface area contributed by atoms with Crippen LogP contribution in [0.1, 0.15) is 19.2 Å². The summed E-state index contributed by atoms with van der Waals surface area (Å²) in [7, 11) is 0. The van der Waals surface area contributed by atoms with E-state index in [2.05, 4.69) is 57.3 Å². The van der Waals surface area contributed by atoms with Crippen molar-refractivity contribution in [2.24, 2.45) is 0 Å². The van der Waals surface area contributed by atoms with Gasteiger partial charge in [0.05, 0.1) is 5.69 Å². The van der Waals surface area contributed by atoms with Crippen LogP contribution in [-0.2, 0) is 6.42 Å². The Balaban J connectivity index is 2.15. The van der Waals surface area contributed by atoms with E-state index in [0.717, 1.165) is 34.2 Å². The zero-order valence-electron chi connectivity index (χ0n) is 11.0. The van der Waals surface area contributed by atoms with E-state index in [9.17, 15) is 0 Å². The van der Waals surface area contributed by atoms with Crippen LogP contribution in [0.4, 0.5) is 0 Å². The van der Waals surface area contributed by atoms with Gasteiger partial charge in [-0.25, -0.2) is 0 Å². The van der Waals surface area contributed by atoms with Crippen molar-refractivity contribution in [1.82, 2.24) is 14.8 Å². The van der Waals surface area contributed by atoms with E-state index in [4.69, 9.17) is 11.6 Å². The third-order valence-electron chi connectivity index (χ3n) is 3.21. The number of halogens is 2. The summed E-state index contributed by atoms with van der Waals surface area (Å²) >= 11 is 9.66. The van der Waals surface area contributed by atoms with Gasteiger partial charge in [0.15, 0.2) is 0 Å². The second-order valence-electron chi connectivity index (χ2n) is 4.65. The molecule has 5 heteroatoms. The summed E-state index contributed by atoms with van der Waals surface area (Å²) in [4.78, 5) is 0. The van der Waals surface area contributed by atoms with Crippen molar-refractivity contribution in [3.8, 4) is 5.69 Å². The van der Waals surface area contributed by atoms with Crippen molar-refractivity contribution in [2.45, 2.75) is 19.8 Å². The summed E-state index contributed by atoms with van der Waals surface area (Å²) in [6.07, 6.45) is 1.87. The molecule has 0 bridgehead atoms. The van der Waals surface area contributed by atoms with E-state index in [1.807, 2.05) is 16.7 Å². The van der Waals surface area contributed by atoms with Crippen molar-refractivity contribution in [1.29, 1.82) is 0 Å². The molecule has 0 saturated heterocycles. The zero-order chi connectivity index (χ0) is 14.1. The number of hydrogen-bond acceptors (Lipinski definition) is 2. The van der Waals surface area contributed by atoms with Crippen molar-refractivity contribution in [3.63, 3.8) is 0 Å². The lowest BCUT2D eigenvalue weighted by atomic mass is 10.1. The van der Waals surface area contributed by atoms with Crippen molar-refractivity contribution >= 4 is 38.3 Å². The summed E-state index contributed by atoms with van der Waals surface area (Å²) in [5.74, 6) is 0.897. The molecule has 0 spiro atoms. The van der Waals surface area contributed by atoms with E-state index in [1.165, 1.54) is 5.39 Å². The summed E-state index contributed by atoms with van der Waals surface area (Å²) < 4.78 is 2.98. The minimum absolute atomic E-state index is 0.407. The molecule has 20 heavy (non-hydrogen) atoms. The Labute approximate surface area is 130 Å². The Kier molecular flexibility index (Phi) is 3.76. The first-order valence-corrected chi connectivity index (χ1v) is 7.65. The predicted molar refractivity (Wildman–Crippen MR) is 85.6 cm³/mol. The highest BCUT2D eigenvalue weighted by Crippen LogP contribution is 2.25. The number of hydrogen-bond donors (Lipinski definition) is 0. The second kappa shape index (κ2) is 5.54. The van der Waals surface area contributed by atoms with Gasteiger partial charge in [-0.3, -0.25) is 4.57 Å². The molecule has 0 fully saturated rings. The van der Waals surface area contributed by atoms with Gasteiger partial charge in [-0.05, 0) is 53.1 Å². The minimum Gasteiger partial charge on any atom is -0.270 e. The van der Waals surface area contributed by atoms with E-state index in [-0.39, 0.29) is 0 Å². The topological polar surface area (TPSA) is 30.7 Å². The molecule has 0 N–H and O–H groups in total. The van der Waals surface area contributed by atoms with E-state index < -0.39 is 0 Å². The van der Waals surface area contributed by atoms with Crippen LogP contribution in [0.3, 0.4) is 0 Å². The molecule has 0 aliphatic rings. The number of benzene rings is 2. The summed E-state index contributed by atoms with van der Waals surface area (Å²) in [6, 6.07) is 12.5. The first-order chi connectivity index (χ1) is 9.69. The zero-order valence-corrected chi connectivity index (χ0v) is 13.3. The number of aromatic nitrogens is 3. The molecule has 0 atom stereocenters. The Bertz CT molecular complexity index is 767. The van der Waals surface area contributed by atoms with Crippen molar-refractivity contribution in [3.05, 3.63) is 52.0 Å². The molecule has 1 heterocycles. The Morgan fingerprint density at radius 2 is 1.85 bits per heavy atom. The van der Waals surface area contributed by atoms with Crippen LogP contribution in [0.2, 0.25) is 5.28 Å². The molecule has 3 rings (SSSR count). The molecule has 0 amide bonds. The van der Waals surface area contributed by atoms with E-state index >= 15 is 0 Å². The second-order valence-corrected chi connectivity index (χ2v) is 5.90. The average Bonchev–Trinajstić information content (AvgIpc) is 2.80. The number of aryl methyl sites for hydroxylation is 1. The first-order valence-electron chi connectivity index (χ1n) is 6.48. The van der Waals surface area contributed by atoms with Gasteiger partial charge in [-0.15, -0.1) is 10.2 Å². The minimum atomic E-state index is 0.407. The van der Waals surface area contributed by atoms with Crippen molar-refractivity contribution < 1.29 is 0 Å². The molecule has 0 saturated carbocycles. The molecule has 0 unspecified atom stereocenters. The summed E-state index contributed by atoms with van der Waals surface area (Å²) in [5, 5.41) is 10.9. The fourth-order valence-electron chi connectivity index (χ4n) is 2.28. The lowest BCUT2D eigenvalue weighted by Crippen LogP contribution is -2.01. The smallest absolute Gasteiger partial charge is 0.229 e. The maximum Gasteiger partial charge on any atom is 0.229 e. The van der Waals surface area contributed by atoms with Crippen LogP contribution < -0.4 is 0 Å². The summed E-state index contributed by atoms with van der Waals surface area (Å²) in [5.41, 5.74) is 0.998. The Morgan fingerprint density at radius 3 is 2.65 bits per heavy atom. The van der Waals surface area contributed by atoms with Crippen LogP contribution in [0.25, 0.3) is 16.5 Å². The highest BCUT2D eigenvalue weighted by Gasteiger charge is 2.11. The van der Waals surface area contributed by atoms with Gasteiger partial charge in [0.25, 0.3) is 0 Å². The highest BCUT2D eigenvalue weighted by atomic mass is 79.9. The molecule has 0 radical (unpaired) electrons. The molecule has 0 aliphatic heterocycles. The first kappa shape index (κ1) is 13.6. The van der Waals surface area contributed by atoms with Gasteiger partial charge in [0.2, 0.25) is 5.28 Å². The Morgan fingerprint density at radius 1 is 1.10 bits per heavy atom. The number of fused-ring (bicyclic) bond motifs is 1. The molecule has 3 nitrogen and oxygen atoms in total. The molecule has 102 valence electrons. The SMILES string of the molecule is CCCc1nnc(Cl)n1-c1ccc2cc(Br)ccc2c1. The maximum absolute atomic E-state index is 6.17. The summed E-state index contributed by atoms with van der Waals surface area (Å²) in [6.45, 7) is 2.12. The van der Waals surface area contributed by atoms with Gasteiger partial charge in [-0.2, -0.15) is 0 Å². The fourth-order valence-corrected chi connectivity index (χ4v) is 2.89. The Hall–Kier alpha value is -1.39. The largest absolute Gasteiger partial charge is 0.270 e. The van der Waals surface area contributed by atoms with Gasteiger partial charge in [-0.1, -0.05) is 35.0 Å². The number of nitrogens with zero attached hydrogens (tertiary/aromatic N) is 3. The lowest BCUT2D eigenvalue weighted by molar-refractivity contribution is 0.803. The quantitative estimate of drug-likeness (QED) is 0.680. The third kappa shape index (κ3) is 2.45. The fraction of sp³-hybridized carbons (Fsp3) is 0.200. The third-order valence-corrected chi connectivity index (χ3v) is 3.95. The van der Waals surface area contributed by atoms with Gasteiger partial charge < -0.3 is 0 Å². The van der Waals surface area contributed by atoms with Crippen LogP contribution in [-0.4, -0.2) is 14.8 Å². The molecule has 0 aliphatic carbocycles. The molecule has 1 aromatic heterocycles. The molecular weight excluding hydrogens is 338 g/mol. The maximum atomic E-state index is 6.17. The average molecular weight is 351 g/mol. The normalized spacial score (nSPS) is 11.2. The monoisotopic (exact) mass is 349 g/mol. The van der Waals surface area contributed by atoms with Gasteiger partial charge in [0, 0.05) is 10.9 Å². The molecule has 3 aromatic rings. The van der Waals surface area contributed by atoms with Crippen LogP contribution in [0, 0.1) is 0 Å². The molecular formula is C15H13BrClN3.